The van der Waals surface area contributed by atoms with Crippen LogP contribution < -0.4 is 0 Å². The van der Waals surface area contributed by atoms with Crippen molar-refractivity contribution in [2.45, 2.75) is 32.4 Å². The smallest absolute Gasteiger partial charge is 0.400 e. The van der Waals surface area contributed by atoms with Crippen LogP contribution in [0.3, 0.4) is 0 Å². The van der Waals surface area contributed by atoms with Crippen molar-refractivity contribution in [3.8, 4) is 0 Å². The molecule has 8 nitrogen and oxygen atoms in total. The molecule has 3 atom stereocenters. The Hall–Kier alpha value is -1.10. The minimum absolute atomic E-state index is 0.0152. The third-order valence-electron chi connectivity index (χ3n) is 3.65. The van der Waals surface area contributed by atoms with Crippen molar-refractivity contribution in [2.24, 2.45) is 5.92 Å². The summed E-state index contributed by atoms with van der Waals surface area (Å²) in [4.78, 5) is 25.3. The molecule has 1 amide bonds. The predicted octanol–water partition coefficient (Wildman–Crippen LogP) is 0.563. The van der Waals surface area contributed by atoms with Gasteiger partial charge in [-0.15, -0.1) is 11.8 Å². The molecule has 1 N–H and O–H groups in total. The molecule has 0 aliphatic carbocycles. The summed E-state index contributed by atoms with van der Waals surface area (Å²) in [5, 5.41) is 9.22. The van der Waals surface area contributed by atoms with Crippen LogP contribution in [-0.4, -0.2) is 55.3 Å². The van der Waals surface area contributed by atoms with Crippen molar-refractivity contribution < 1.29 is 31.5 Å². The average molecular weight is 351 g/mol. The second kappa shape index (κ2) is 6.19. The van der Waals surface area contributed by atoms with Gasteiger partial charge in [0.1, 0.15) is 5.70 Å². The van der Waals surface area contributed by atoms with E-state index in [9.17, 15) is 23.1 Å². The van der Waals surface area contributed by atoms with Gasteiger partial charge in [-0.05, 0) is 20.1 Å². The number of thioether (sulfide) groups is 1. The molecule has 124 valence electrons. The molecule has 1 saturated heterocycles. The molecule has 0 unspecified atom stereocenters. The maximum Gasteiger partial charge on any atom is 0.400 e. The van der Waals surface area contributed by atoms with Gasteiger partial charge in [0, 0.05) is 11.3 Å². The minimum atomic E-state index is -4.16. The Labute approximate surface area is 132 Å². The molecule has 0 spiro atoms. The molecule has 0 radical (unpaired) electrons. The Bertz CT molecular complexity index is 627. The molecule has 1 fully saturated rings. The first kappa shape index (κ1) is 17.3. The van der Waals surface area contributed by atoms with Gasteiger partial charge in [0.25, 0.3) is 0 Å². The number of hydrogen-bond donors (Lipinski definition) is 1. The summed E-state index contributed by atoms with van der Waals surface area (Å²) in [6.45, 7) is 2.91. The molecule has 0 aromatic heterocycles. The summed E-state index contributed by atoms with van der Waals surface area (Å²) in [5.41, 5.74) is -0.0152. The van der Waals surface area contributed by atoms with Crippen LogP contribution >= 0.6 is 11.8 Å². The van der Waals surface area contributed by atoms with Gasteiger partial charge in [0.05, 0.1) is 24.7 Å². The number of carbonyl (C=O) groups excluding carboxylic acids is 1. The number of β-lactam (4-membered cyclic amide) rings is 1. The maximum absolute atomic E-state index is 12.2. The molecule has 0 aromatic rings. The summed E-state index contributed by atoms with van der Waals surface area (Å²) in [6.07, 6.45) is 1.21. The van der Waals surface area contributed by atoms with Crippen molar-refractivity contribution in [2.75, 3.05) is 12.9 Å². The predicted molar refractivity (Wildman–Crippen MR) is 78.0 cm³/mol. The molecule has 2 aliphatic rings. The van der Waals surface area contributed by atoms with Crippen LogP contribution in [0.4, 0.5) is 0 Å². The van der Waals surface area contributed by atoms with Crippen LogP contribution in [-0.2, 0) is 28.4 Å². The van der Waals surface area contributed by atoms with Gasteiger partial charge >= 0.3 is 16.4 Å². The molecule has 10 heteroatoms. The number of hydrogen-bond acceptors (Lipinski definition) is 7. The third kappa shape index (κ3) is 2.87. The van der Waals surface area contributed by atoms with Gasteiger partial charge in [0.15, 0.2) is 0 Å². The van der Waals surface area contributed by atoms with Gasteiger partial charge in [-0.3, -0.25) is 4.79 Å². The first-order chi connectivity index (χ1) is 10.2. The van der Waals surface area contributed by atoms with Crippen molar-refractivity contribution in [1.29, 1.82) is 0 Å². The summed E-state index contributed by atoms with van der Waals surface area (Å²) < 4.78 is 32.3. The lowest BCUT2D eigenvalue weighted by Crippen LogP contribution is -2.62. The lowest BCUT2D eigenvalue weighted by molar-refractivity contribution is -0.160. The Morgan fingerprint density at radius 1 is 1.55 bits per heavy atom. The van der Waals surface area contributed by atoms with E-state index in [1.165, 1.54) is 30.5 Å². The molecule has 0 bridgehead atoms. The monoisotopic (exact) mass is 351 g/mol. The number of amides is 1. The van der Waals surface area contributed by atoms with Crippen LogP contribution in [0.25, 0.3) is 0 Å². The molecule has 22 heavy (non-hydrogen) atoms. The first-order valence-corrected chi connectivity index (χ1v) is 9.20. The molecule has 2 heterocycles. The SMILES string of the molecule is CCOS(=O)(=O)O[C@@H](C)[C@@H]1C(=O)N2C(C(=O)O)=C(SC)C[C@H]12. The number of nitrogens with zero attached hydrogens (tertiary/aromatic N) is 1. The van der Waals surface area contributed by atoms with Crippen LogP contribution in [0.5, 0.6) is 0 Å². The summed E-state index contributed by atoms with van der Waals surface area (Å²) >= 11 is 1.27. The normalized spacial score (nSPS) is 26.0. The number of fused-ring (bicyclic) bond motifs is 1. The zero-order valence-corrected chi connectivity index (χ0v) is 13.9. The fourth-order valence-electron chi connectivity index (χ4n) is 2.82. The highest BCUT2D eigenvalue weighted by molar-refractivity contribution is 8.02. The second-order valence-corrected chi connectivity index (χ2v) is 7.05. The maximum atomic E-state index is 12.2. The Morgan fingerprint density at radius 2 is 2.18 bits per heavy atom. The van der Waals surface area contributed by atoms with Gasteiger partial charge in [0.2, 0.25) is 5.91 Å². The molecular weight excluding hydrogens is 334 g/mol. The Kier molecular flexibility index (Phi) is 4.85. The van der Waals surface area contributed by atoms with E-state index in [4.69, 9.17) is 4.18 Å². The highest BCUT2D eigenvalue weighted by atomic mass is 32.3. The molecule has 2 aliphatic heterocycles. The van der Waals surface area contributed by atoms with Crippen LogP contribution in [0.15, 0.2) is 10.6 Å². The van der Waals surface area contributed by atoms with E-state index in [0.717, 1.165) is 0 Å². The van der Waals surface area contributed by atoms with Crippen molar-refractivity contribution in [3.63, 3.8) is 0 Å². The number of carboxylic acid groups (broad SMARTS) is 1. The highest BCUT2D eigenvalue weighted by Crippen LogP contribution is 2.47. The number of carboxylic acids is 1. The fourth-order valence-corrected chi connectivity index (χ4v) is 4.37. The van der Waals surface area contributed by atoms with E-state index in [1.807, 2.05) is 0 Å². The number of carbonyl (C=O) groups is 2. The van der Waals surface area contributed by atoms with E-state index >= 15 is 0 Å². The molecule has 0 saturated carbocycles. The fraction of sp³-hybridized carbons (Fsp3) is 0.667. The summed E-state index contributed by atoms with van der Waals surface area (Å²) in [7, 11) is -4.16. The quantitative estimate of drug-likeness (QED) is 0.663. The van der Waals surface area contributed by atoms with Crippen molar-refractivity contribution >= 4 is 34.0 Å². The van der Waals surface area contributed by atoms with E-state index in [-0.39, 0.29) is 18.3 Å². The molecular formula is C12H17NO7S2. The zero-order chi connectivity index (χ0) is 16.7. The Morgan fingerprint density at radius 3 is 2.68 bits per heavy atom. The largest absolute Gasteiger partial charge is 0.477 e. The lowest BCUT2D eigenvalue weighted by atomic mass is 9.83. The highest BCUT2D eigenvalue weighted by Gasteiger charge is 2.57. The number of aliphatic carboxylic acids is 1. The van der Waals surface area contributed by atoms with Gasteiger partial charge in [-0.2, -0.15) is 8.42 Å². The lowest BCUT2D eigenvalue weighted by Gasteiger charge is -2.45. The second-order valence-electron chi connectivity index (χ2n) is 4.90. The van der Waals surface area contributed by atoms with E-state index in [0.29, 0.717) is 11.3 Å². The van der Waals surface area contributed by atoms with Crippen molar-refractivity contribution in [3.05, 3.63) is 10.6 Å². The number of rotatable bonds is 7. The summed E-state index contributed by atoms with van der Waals surface area (Å²) in [5.74, 6) is -2.30. The van der Waals surface area contributed by atoms with Gasteiger partial charge < -0.3 is 10.0 Å². The van der Waals surface area contributed by atoms with Gasteiger partial charge in [-0.1, -0.05) is 0 Å². The zero-order valence-electron chi connectivity index (χ0n) is 12.3. The Balaban J connectivity index is 2.13. The van der Waals surface area contributed by atoms with E-state index < -0.39 is 34.3 Å². The van der Waals surface area contributed by atoms with Crippen molar-refractivity contribution in [1.82, 2.24) is 4.90 Å². The van der Waals surface area contributed by atoms with E-state index in [1.54, 1.807) is 6.26 Å². The standard InChI is InChI=1S/C12H17NO7S2/c1-4-19-22(17,18)20-6(2)9-7-5-8(21-3)10(12(15)16)13(7)11(9)14/h6-7,9H,4-5H2,1-3H3,(H,15,16)/t6-,7+,9-/m0/s1. The topological polar surface area (TPSA) is 110 Å². The van der Waals surface area contributed by atoms with Crippen LogP contribution in [0.1, 0.15) is 20.3 Å². The third-order valence-corrected chi connectivity index (χ3v) is 5.57. The van der Waals surface area contributed by atoms with Gasteiger partial charge in [-0.25, -0.2) is 13.2 Å². The van der Waals surface area contributed by atoms with Crippen LogP contribution in [0, 0.1) is 5.92 Å². The first-order valence-electron chi connectivity index (χ1n) is 6.64. The van der Waals surface area contributed by atoms with E-state index in [2.05, 4.69) is 4.18 Å². The molecule has 0 aromatic carbocycles. The van der Waals surface area contributed by atoms with Crippen LogP contribution in [0.2, 0.25) is 0 Å². The summed E-state index contributed by atoms with van der Waals surface area (Å²) in [6, 6.07) is -0.382. The molecule has 2 rings (SSSR count). The minimum Gasteiger partial charge on any atom is -0.477 e. The average Bonchev–Trinajstić information content (AvgIpc) is 2.72.